The van der Waals surface area contributed by atoms with Gasteiger partial charge in [0.15, 0.2) is 0 Å². The number of benzene rings is 1. The summed E-state index contributed by atoms with van der Waals surface area (Å²) < 4.78 is 5.48. The molecule has 0 atom stereocenters. The van der Waals surface area contributed by atoms with Crippen molar-refractivity contribution < 1.29 is 14.3 Å². The molecular formula is C16H25N3O3. The number of nitrogens with two attached hydrogens (primary N) is 2. The third-order valence-electron chi connectivity index (χ3n) is 3.87. The van der Waals surface area contributed by atoms with Gasteiger partial charge in [-0.3, -0.25) is 9.59 Å². The molecule has 2 amide bonds. The van der Waals surface area contributed by atoms with Crippen molar-refractivity contribution in [1.29, 1.82) is 0 Å². The molecule has 0 aliphatic carbocycles. The molecule has 0 fully saturated rings. The molecule has 0 aliphatic heterocycles. The zero-order valence-electron chi connectivity index (χ0n) is 13.2. The maximum Gasteiger partial charge on any atom is 0.248 e. The van der Waals surface area contributed by atoms with Gasteiger partial charge in [-0.15, -0.1) is 0 Å². The second-order valence-corrected chi connectivity index (χ2v) is 5.23. The topological polar surface area (TPSA) is 107 Å². The summed E-state index contributed by atoms with van der Waals surface area (Å²) in [5.74, 6) is -0.0952. The lowest BCUT2D eigenvalue weighted by Gasteiger charge is -2.31. The first-order valence-corrected chi connectivity index (χ1v) is 7.50. The van der Waals surface area contributed by atoms with E-state index in [2.05, 4.69) is 5.32 Å². The summed E-state index contributed by atoms with van der Waals surface area (Å²) in [4.78, 5) is 23.1. The molecule has 22 heavy (non-hydrogen) atoms. The average Bonchev–Trinajstić information content (AvgIpc) is 2.53. The zero-order valence-corrected chi connectivity index (χ0v) is 13.2. The lowest BCUT2D eigenvalue weighted by molar-refractivity contribution is -0.123. The summed E-state index contributed by atoms with van der Waals surface area (Å²) in [6.45, 7) is 4.64. The van der Waals surface area contributed by atoms with Crippen LogP contribution in [0.15, 0.2) is 24.3 Å². The minimum atomic E-state index is -0.512. The summed E-state index contributed by atoms with van der Waals surface area (Å²) in [6, 6.07) is 6.57. The van der Waals surface area contributed by atoms with Crippen LogP contribution in [-0.4, -0.2) is 30.5 Å². The van der Waals surface area contributed by atoms with E-state index in [1.54, 1.807) is 24.3 Å². The Kier molecular flexibility index (Phi) is 6.85. The molecule has 6 nitrogen and oxygen atoms in total. The highest BCUT2D eigenvalue weighted by atomic mass is 16.5. The van der Waals surface area contributed by atoms with Gasteiger partial charge in [0, 0.05) is 12.1 Å². The quantitative estimate of drug-likeness (QED) is 0.637. The molecule has 1 aromatic carbocycles. The van der Waals surface area contributed by atoms with Crippen LogP contribution in [0.5, 0.6) is 5.75 Å². The van der Waals surface area contributed by atoms with E-state index in [4.69, 9.17) is 16.2 Å². The number of carbonyl (C=O) groups excluding carboxylic acids is 2. The fraction of sp³-hybridized carbons (Fsp3) is 0.500. The van der Waals surface area contributed by atoms with Crippen molar-refractivity contribution in [2.24, 2.45) is 11.5 Å². The molecule has 0 unspecified atom stereocenters. The largest absolute Gasteiger partial charge is 0.493 e. The Bertz CT molecular complexity index is 505. The summed E-state index contributed by atoms with van der Waals surface area (Å²) in [5, 5.41) is 2.98. The lowest BCUT2D eigenvalue weighted by Crippen LogP contribution is -2.53. The average molecular weight is 307 g/mol. The number of hydrogen-bond acceptors (Lipinski definition) is 4. The molecule has 122 valence electrons. The number of carbonyl (C=O) groups is 2. The maximum absolute atomic E-state index is 12.0. The van der Waals surface area contributed by atoms with Gasteiger partial charge in [0.1, 0.15) is 5.75 Å². The third-order valence-corrected chi connectivity index (χ3v) is 3.87. The first kappa shape index (κ1) is 18.0. The van der Waals surface area contributed by atoms with Crippen LogP contribution in [0.4, 0.5) is 0 Å². The van der Waals surface area contributed by atoms with Crippen molar-refractivity contribution >= 4 is 11.8 Å². The first-order chi connectivity index (χ1) is 10.5. The molecule has 0 saturated heterocycles. The number of rotatable bonds is 9. The van der Waals surface area contributed by atoms with E-state index >= 15 is 0 Å². The van der Waals surface area contributed by atoms with Crippen molar-refractivity contribution in [3.63, 3.8) is 0 Å². The molecule has 0 radical (unpaired) electrons. The van der Waals surface area contributed by atoms with E-state index in [1.165, 1.54) is 0 Å². The van der Waals surface area contributed by atoms with Crippen LogP contribution in [0.3, 0.4) is 0 Å². The van der Waals surface area contributed by atoms with E-state index < -0.39 is 5.91 Å². The van der Waals surface area contributed by atoms with Crippen molar-refractivity contribution in [1.82, 2.24) is 5.32 Å². The van der Waals surface area contributed by atoms with E-state index in [0.717, 1.165) is 12.8 Å². The second-order valence-electron chi connectivity index (χ2n) is 5.23. The number of primary amides is 1. The molecule has 0 saturated carbocycles. The van der Waals surface area contributed by atoms with Crippen molar-refractivity contribution in [3.05, 3.63) is 29.8 Å². The number of amides is 2. The fourth-order valence-corrected chi connectivity index (χ4v) is 2.13. The Balaban J connectivity index is 2.48. The van der Waals surface area contributed by atoms with Gasteiger partial charge in [-0.25, -0.2) is 0 Å². The summed E-state index contributed by atoms with van der Waals surface area (Å²) >= 11 is 0. The van der Waals surface area contributed by atoms with Crippen LogP contribution in [0.2, 0.25) is 0 Å². The minimum Gasteiger partial charge on any atom is -0.493 e. The summed E-state index contributed by atoms with van der Waals surface area (Å²) in [5.41, 5.74) is 11.0. The summed E-state index contributed by atoms with van der Waals surface area (Å²) in [6.07, 6.45) is 1.79. The highest BCUT2D eigenvalue weighted by Gasteiger charge is 2.25. The molecule has 5 N–H and O–H groups in total. The Morgan fingerprint density at radius 3 is 2.50 bits per heavy atom. The predicted molar refractivity (Wildman–Crippen MR) is 85.6 cm³/mol. The third kappa shape index (κ3) is 5.04. The molecule has 0 heterocycles. The molecular weight excluding hydrogens is 282 g/mol. The van der Waals surface area contributed by atoms with Gasteiger partial charge < -0.3 is 21.5 Å². The van der Waals surface area contributed by atoms with E-state index in [-0.39, 0.29) is 24.5 Å². The van der Waals surface area contributed by atoms with Crippen LogP contribution in [0, 0.1) is 0 Å². The second kappa shape index (κ2) is 8.38. The SMILES string of the molecule is CCC(CC)(CN)NC(=O)CCOc1cccc(C(N)=O)c1. The highest BCUT2D eigenvalue weighted by Crippen LogP contribution is 2.15. The molecule has 0 aliphatic rings. The van der Waals surface area contributed by atoms with Crippen LogP contribution in [0.25, 0.3) is 0 Å². The van der Waals surface area contributed by atoms with Crippen molar-refractivity contribution in [3.8, 4) is 5.75 Å². The van der Waals surface area contributed by atoms with Gasteiger partial charge in [0.25, 0.3) is 0 Å². The van der Waals surface area contributed by atoms with E-state index in [9.17, 15) is 9.59 Å². The van der Waals surface area contributed by atoms with Gasteiger partial charge >= 0.3 is 0 Å². The highest BCUT2D eigenvalue weighted by molar-refractivity contribution is 5.93. The number of hydrogen-bond donors (Lipinski definition) is 3. The molecule has 0 bridgehead atoms. The minimum absolute atomic E-state index is 0.0970. The fourth-order valence-electron chi connectivity index (χ4n) is 2.13. The number of ether oxygens (including phenoxy) is 1. The van der Waals surface area contributed by atoms with E-state index in [0.29, 0.717) is 17.9 Å². The molecule has 1 rings (SSSR count). The van der Waals surface area contributed by atoms with Gasteiger partial charge in [-0.1, -0.05) is 19.9 Å². The zero-order chi connectivity index (χ0) is 16.6. The smallest absolute Gasteiger partial charge is 0.248 e. The normalized spacial score (nSPS) is 11.0. The van der Waals surface area contributed by atoms with Crippen molar-refractivity contribution in [2.45, 2.75) is 38.6 Å². The first-order valence-electron chi connectivity index (χ1n) is 7.50. The van der Waals surface area contributed by atoms with Crippen LogP contribution in [0.1, 0.15) is 43.5 Å². The van der Waals surface area contributed by atoms with Crippen molar-refractivity contribution in [2.75, 3.05) is 13.2 Å². The number of nitrogens with one attached hydrogen (secondary N) is 1. The molecule has 0 aromatic heterocycles. The van der Waals surface area contributed by atoms with Gasteiger partial charge in [0.2, 0.25) is 11.8 Å². The van der Waals surface area contributed by atoms with Gasteiger partial charge in [0.05, 0.1) is 18.6 Å². The summed E-state index contributed by atoms with van der Waals surface area (Å²) in [7, 11) is 0. The lowest BCUT2D eigenvalue weighted by atomic mass is 9.93. The monoisotopic (exact) mass is 307 g/mol. The molecule has 6 heteroatoms. The predicted octanol–water partition coefficient (Wildman–Crippen LogP) is 1.19. The van der Waals surface area contributed by atoms with Crippen LogP contribution in [-0.2, 0) is 4.79 Å². The molecule has 0 spiro atoms. The Labute approximate surface area is 131 Å². The Hall–Kier alpha value is -2.08. The van der Waals surface area contributed by atoms with Crippen LogP contribution >= 0.6 is 0 Å². The Morgan fingerprint density at radius 1 is 1.27 bits per heavy atom. The standard InChI is InChI=1S/C16H25N3O3/c1-3-16(4-2,11-17)19-14(20)8-9-22-13-7-5-6-12(10-13)15(18)21/h5-7,10H,3-4,8-9,11,17H2,1-2H3,(H2,18,21)(H,19,20). The Morgan fingerprint density at radius 2 is 1.95 bits per heavy atom. The van der Waals surface area contributed by atoms with E-state index in [1.807, 2.05) is 13.8 Å². The van der Waals surface area contributed by atoms with Gasteiger partial charge in [-0.2, -0.15) is 0 Å². The maximum atomic E-state index is 12.0. The van der Waals surface area contributed by atoms with Gasteiger partial charge in [-0.05, 0) is 31.0 Å². The van der Waals surface area contributed by atoms with Crippen LogP contribution < -0.4 is 21.5 Å². The molecule has 1 aromatic rings.